The summed E-state index contributed by atoms with van der Waals surface area (Å²) in [6, 6.07) is 25.9. The molecule has 1 saturated heterocycles. The molecule has 3 amide bonds. The van der Waals surface area contributed by atoms with Crippen LogP contribution >= 0.6 is 0 Å². The molecule has 5 rings (SSSR count). The van der Waals surface area contributed by atoms with E-state index in [1.807, 2.05) is 72.2 Å². The van der Waals surface area contributed by atoms with Gasteiger partial charge in [-0.1, -0.05) is 54.6 Å². The van der Waals surface area contributed by atoms with Crippen LogP contribution in [0.1, 0.15) is 11.3 Å². The molecule has 7 heteroatoms. The van der Waals surface area contributed by atoms with Crippen molar-refractivity contribution in [3.63, 3.8) is 0 Å². The third-order valence-corrected chi connectivity index (χ3v) is 5.83. The summed E-state index contributed by atoms with van der Waals surface area (Å²) < 4.78 is 1.90. The summed E-state index contributed by atoms with van der Waals surface area (Å²) in [7, 11) is 0. The molecule has 0 aliphatic carbocycles. The molecule has 1 aliphatic rings. The van der Waals surface area contributed by atoms with E-state index in [2.05, 4.69) is 10.7 Å². The number of hydrogen-bond donors (Lipinski definition) is 2. The van der Waals surface area contributed by atoms with Crippen LogP contribution in [-0.4, -0.2) is 22.3 Å². The second kappa shape index (κ2) is 8.71. The van der Waals surface area contributed by atoms with Crippen LogP contribution in [0.25, 0.3) is 17.0 Å². The Balaban J connectivity index is 1.50. The van der Waals surface area contributed by atoms with Crippen molar-refractivity contribution >= 4 is 46.1 Å². The zero-order chi connectivity index (χ0) is 23.7. The van der Waals surface area contributed by atoms with Crippen molar-refractivity contribution in [2.45, 2.75) is 13.5 Å². The Labute approximate surface area is 196 Å². The summed E-state index contributed by atoms with van der Waals surface area (Å²) in [6.07, 6.45) is 1.61. The molecule has 0 saturated carbocycles. The molecule has 1 fully saturated rings. The molecule has 0 spiro atoms. The van der Waals surface area contributed by atoms with Crippen molar-refractivity contribution in [3.05, 3.63) is 102 Å². The van der Waals surface area contributed by atoms with Crippen LogP contribution in [0.2, 0.25) is 0 Å². The number of anilines is 2. The Morgan fingerprint density at radius 1 is 0.912 bits per heavy atom. The highest BCUT2D eigenvalue weighted by atomic mass is 16.2. The van der Waals surface area contributed by atoms with Gasteiger partial charge >= 0.3 is 0 Å². The molecule has 0 atom stereocenters. The normalized spacial score (nSPS) is 14.6. The summed E-state index contributed by atoms with van der Waals surface area (Å²) in [5.41, 5.74) is 6.35. The Kier molecular flexibility index (Phi) is 5.43. The van der Waals surface area contributed by atoms with Crippen LogP contribution in [0.4, 0.5) is 11.4 Å². The van der Waals surface area contributed by atoms with Crippen LogP contribution in [0.15, 0.2) is 90.5 Å². The van der Waals surface area contributed by atoms with Gasteiger partial charge in [-0.15, -0.1) is 0 Å². The van der Waals surface area contributed by atoms with Gasteiger partial charge in [-0.25, -0.2) is 5.01 Å². The van der Waals surface area contributed by atoms with E-state index in [4.69, 9.17) is 0 Å². The van der Waals surface area contributed by atoms with Crippen LogP contribution < -0.4 is 15.8 Å². The lowest BCUT2D eigenvalue weighted by Crippen LogP contribution is -2.35. The Hall–Kier alpha value is -4.65. The number of hydrogen-bond acceptors (Lipinski definition) is 3. The Morgan fingerprint density at radius 2 is 1.56 bits per heavy atom. The number of aromatic nitrogens is 1. The number of nitrogens with zero attached hydrogens (tertiary/aromatic N) is 2. The van der Waals surface area contributed by atoms with Gasteiger partial charge in [0.15, 0.2) is 0 Å². The number of hydrazine groups is 1. The maximum absolute atomic E-state index is 13.1. The minimum absolute atomic E-state index is 0.0450. The number of fused-ring (bicyclic) bond motifs is 1. The molecule has 168 valence electrons. The van der Waals surface area contributed by atoms with E-state index in [0.29, 0.717) is 5.69 Å². The van der Waals surface area contributed by atoms with Gasteiger partial charge in [-0.05, 0) is 43.3 Å². The maximum atomic E-state index is 13.1. The van der Waals surface area contributed by atoms with Gasteiger partial charge in [0.25, 0.3) is 11.8 Å². The van der Waals surface area contributed by atoms with E-state index in [1.54, 1.807) is 30.3 Å². The lowest BCUT2D eigenvalue weighted by Gasteiger charge is -2.13. The van der Waals surface area contributed by atoms with E-state index < -0.39 is 11.8 Å². The van der Waals surface area contributed by atoms with Crippen LogP contribution in [-0.2, 0) is 20.9 Å². The molecule has 2 heterocycles. The highest BCUT2D eigenvalue weighted by Crippen LogP contribution is 2.30. The second-order valence-corrected chi connectivity index (χ2v) is 7.99. The van der Waals surface area contributed by atoms with E-state index in [9.17, 15) is 14.4 Å². The maximum Gasteiger partial charge on any atom is 0.282 e. The van der Waals surface area contributed by atoms with Gasteiger partial charge < -0.3 is 9.88 Å². The lowest BCUT2D eigenvalue weighted by molar-refractivity contribution is -0.118. The van der Waals surface area contributed by atoms with Gasteiger partial charge in [0.05, 0.1) is 5.69 Å². The van der Waals surface area contributed by atoms with Gasteiger partial charge in [0.1, 0.15) is 12.1 Å². The number of amides is 3. The zero-order valence-corrected chi connectivity index (χ0v) is 18.5. The molecule has 4 aromatic rings. The van der Waals surface area contributed by atoms with E-state index in [-0.39, 0.29) is 18.0 Å². The topological polar surface area (TPSA) is 83.4 Å². The average Bonchev–Trinajstić information content (AvgIpc) is 3.29. The molecule has 1 aromatic heterocycles. The monoisotopic (exact) mass is 450 g/mol. The standard InChI is InChI=1S/C27H22N4O3/c1-18-22(16-23-26(33)29-31(27(23)34)20-12-6-3-7-13-20)21-14-8-9-15-24(21)30(18)17-25(32)28-19-10-4-2-5-11-19/h2-16H,17H2,1H3,(H,28,32)(H,29,33). The number of carbonyl (C=O) groups is 3. The predicted molar refractivity (Wildman–Crippen MR) is 132 cm³/mol. The smallest absolute Gasteiger partial charge is 0.282 e. The predicted octanol–water partition coefficient (Wildman–Crippen LogP) is 4.05. The van der Waals surface area contributed by atoms with Gasteiger partial charge in [-0.2, -0.15) is 0 Å². The minimum Gasteiger partial charge on any atom is -0.335 e. The molecule has 7 nitrogen and oxygen atoms in total. The van der Waals surface area contributed by atoms with Crippen molar-refractivity contribution in [1.82, 2.24) is 9.99 Å². The Bertz CT molecular complexity index is 1440. The third-order valence-electron chi connectivity index (χ3n) is 5.83. The third kappa shape index (κ3) is 3.84. The Morgan fingerprint density at radius 3 is 2.29 bits per heavy atom. The number of para-hydroxylation sites is 3. The molecular formula is C27H22N4O3. The second-order valence-electron chi connectivity index (χ2n) is 7.99. The van der Waals surface area contributed by atoms with Gasteiger partial charge in [0, 0.05) is 27.8 Å². The summed E-state index contributed by atoms with van der Waals surface area (Å²) in [6.45, 7) is 1.98. The van der Waals surface area contributed by atoms with E-state index in [0.717, 1.165) is 27.8 Å². The SMILES string of the molecule is Cc1c(C=C2C(=O)NN(c3ccccc3)C2=O)c2ccccc2n1CC(=O)Nc1ccccc1. The fourth-order valence-corrected chi connectivity index (χ4v) is 4.17. The zero-order valence-electron chi connectivity index (χ0n) is 18.5. The fourth-order valence-electron chi connectivity index (χ4n) is 4.17. The van der Waals surface area contributed by atoms with Crippen LogP contribution in [0.5, 0.6) is 0 Å². The average molecular weight is 450 g/mol. The highest BCUT2D eigenvalue weighted by molar-refractivity contribution is 6.32. The first kappa shape index (κ1) is 21.2. The summed E-state index contributed by atoms with van der Waals surface area (Å²) >= 11 is 0. The van der Waals surface area contributed by atoms with Crippen LogP contribution in [0.3, 0.4) is 0 Å². The summed E-state index contributed by atoms with van der Waals surface area (Å²) in [4.78, 5) is 38.5. The quantitative estimate of drug-likeness (QED) is 0.355. The summed E-state index contributed by atoms with van der Waals surface area (Å²) in [5, 5.41) is 5.01. The lowest BCUT2D eigenvalue weighted by atomic mass is 10.1. The van der Waals surface area contributed by atoms with Crippen molar-refractivity contribution < 1.29 is 14.4 Å². The van der Waals surface area contributed by atoms with Crippen molar-refractivity contribution in [2.75, 3.05) is 10.3 Å². The molecule has 2 N–H and O–H groups in total. The number of carbonyl (C=O) groups excluding carboxylic acids is 3. The van der Waals surface area contributed by atoms with Crippen molar-refractivity contribution in [3.8, 4) is 0 Å². The van der Waals surface area contributed by atoms with E-state index in [1.165, 1.54) is 5.01 Å². The van der Waals surface area contributed by atoms with Gasteiger partial charge in [-0.3, -0.25) is 19.8 Å². The molecular weight excluding hydrogens is 428 g/mol. The number of rotatable bonds is 5. The van der Waals surface area contributed by atoms with Crippen molar-refractivity contribution in [1.29, 1.82) is 0 Å². The van der Waals surface area contributed by atoms with E-state index >= 15 is 0 Å². The molecule has 0 bridgehead atoms. The minimum atomic E-state index is -0.466. The molecule has 3 aromatic carbocycles. The molecule has 0 unspecified atom stereocenters. The first-order valence-electron chi connectivity index (χ1n) is 10.9. The van der Waals surface area contributed by atoms with Crippen molar-refractivity contribution in [2.24, 2.45) is 0 Å². The van der Waals surface area contributed by atoms with Crippen LogP contribution in [0, 0.1) is 6.92 Å². The fraction of sp³-hybridized carbons (Fsp3) is 0.0741. The van der Waals surface area contributed by atoms with Gasteiger partial charge in [0.2, 0.25) is 5.91 Å². The first-order chi connectivity index (χ1) is 16.5. The highest BCUT2D eigenvalue weighted by Gasteiger charge is 2.35. The number of nitrogens with one attached hydrogen (secondary N) is 2. The largest absolute Gasteiger partial charge is 0.335 e. The number of benzene rings is 3. The molecule has 0 radical (unpaired) electrons. The summed E-state index contributed by atoms with van der Waals surface area (Å²) in [5.74, 6) is -1.06. The first-order valence-corrected chi connectivity index (χ1v) is 10.9. The molecule has 1 aliphatic heterocycles. The molecule has 34 heavy (non-hydrogen) atoms.